The van der Waals surface area contributed by atoms with E-state index in [2.05, 4.69) is 31.9 Å². The number of primary amides is 3. The molecule has 0 aromatic heterocycles. The Morgan fingerprint density at radius 2 is 1.08 bits per heavy atom. The first-order chi connectivity index (χ1) is 35.1. The summed E-state index contributed by atoms with van der Waals surface area (Å²) >= 11 is 0. The van der Waals surface area contributed by atoms with Crippen LogP contribution in [0.25, 0.3) is 0 Å². The van der Waals surface area contributed by atoms with Crippen molar-refractivity contribution in [1.82, 2.24) is 42.1 Å². The Kier molecular flexibility index (Phi) is 25.7. The summed E-state index contributed by atoms with van der Waals surface area (Å²) in [6.45, 7) is -0.291. The van der Waals surface area contributed by atoms with Gasteiger partial charge in [-0.3, -0.25) is 62.3 Å². The third-order valence-electron chi connectivity index (χ3n) is 11.3. The summed E-state index contributed by atoms with van der Waals surface area (Å²) in [5.41, 5.74) is 21.8. The summed E-state index contributed by atoms with van der Waals surface area (Å²) in [5, 5.41) is 64.0. The molecule has 75 heavy (non-hydrogen) atoms. The van der Waals surface area contributed by atoms with Gasteiger partial charge in [-0.25, -0.2) is 4.79 Å². The minimum atomic E-state index is -2.05. The van der Waals surface area contributed by atoms with Crippen molar-refractivity contribution in [1.29, 1.82) is 0 Å². The third-order valence-corrected chi connectivity index (χ3v) is 11.3. The summed E-state index contributed by atoms with van der Waals surface area (Å²) in [6.07, 6.45) is -7.00. The van der Waals surface area contributed by atoms with Crippen LogP contribution in [0.1, 0.15) is 76.7 Å². The molecule has 20 N–H and O–H groups in total. The minimum absolute atomic E-state index is 0.0533. The Hall–Kier alpha value is -8.32. The van der Waals surface area contributed by atoms with E-state index in [0.717, 1.165) is 11.8 Å². The molecule has 1 heterocycles. The number of aliphatic hydroxyl groups is 2. The minimum Gasteiger partial charge on any atom is -0.481 e. The number of amides is 11. The van der Waals surface area contributed by atoms with Crippen LogP contribution in [0.15, 0.2) is 30.3 Å². The van der Waals surface area contributed by atoms with Crippen molar-refractivity contribution >= 4 is 82.9 Å². The van der Waals surface area contributed by atoms with Gasteiger partial charge in [0.2, 0.25) is 65.0 Å². The third kappa shape index (κ3) is 21.7. The number of carboxylic acids is 3. The highest BCUT2D eigenvalue weighted by Gasteiger charge is 2.41. The van der Waals surface area contributed by atoms with E-state index in [4.69, 9.17) is 22.9 Å². The second-order valence-corrected chi connectivity index (χ2v) is 17.3. The lowest BCUT2D eigenvalue weighted by molar-refractivity contribution is -0.146. The highest BCUT2D eigenvalue weighted by Crippen LogP contribution is 2.20. The fraction of sp³-hybridized carbons (Fsp3) is 0.545. The number of nitrogens with zero attached hydrogens (tertiary/aromatic N) is 1. The molecule has 1 aliphatic rings. The van der Waals surface area contributed by atoms with Crippen molar-refractivity contribution in [3.05, 3.63) is 35.9 Å². The number of hydrogen-bond acceptors (Lipinski definition) is 17. The molecule has 0 radical (unpaired) electrons. The number of aliphatic hydroxyl groups excluding tert-OH is 2. The number of likely N-dealkylation sites (tertiary alicyclic amines) is 1. The summed E-state index contributed by atoms with van der Waals surface area (Å²) in [7, 11) is 0. The van der Waals surface area contributed by atoms with Gasteiger partial charge < -0.3 is 90.6 Å². The van der Waals surface area contributed by atoms with Crippen molar-refractivity contribution in [2.45, 2.75) is 138 Å². The molecule has 1 aromatic rings. The van der Waals surface area contributed by atoms with E-state index in [0.29, 0.717) is 5.56 Å². The van der Waals surface area contributed by atoms with Crippen LogP contribution in [0.3, 0.4) is 0 Å². The largest absolute Gasteiger partial charge is 0.481 e. The zero-order valence-corrected chi connectivity index (χ0v) is 40.6. The number of carbonyl (C=O) groups is 14. The Balaban J connectivity index is 2.37. The van der Waals surface area contributed by atoms with Crippen LogP contribution >= 0.6 is 0 Å². The summed E-state index contributed by atoms with van der Waals surface area (Å²) in [6, 6.07) is -7.59. The van der Waals surface area contributed by atoms with E-state index < -0.39 is 188 Å². The van der Waals surface area contributed by atoms with Crippen LogP contribution in [0, 0.1) is 0 Å². The van der Waals surface area contributed by atoms with E-state index >= 15 is 0 Å². The Morgan fingerprint density at radius 1 is 0.587 bits per heavy atom. The second kappa shape index (κ2) is 30.7. The van der Waals surface area contributed by atoms with Gasteiger partial charge in [-0.05, 0) is 44.6 Å². The molecule has 1 fully saturated rings. The summed E-state index contributed by atoms with van der Waals surface area (Å²) in [4.78, 5) is 180. The Labute approximate surface area is 426 Å². The molecule has 0 saturated carbocycles. The number of hydrogen-bond donors (Lipinski definition) is 16. The molecule has 1 aliphatic heterocycles. The van der Waals surface area contributed by atoms with Crippen molar-refractivity contribution in [2.24, 2.45) is 22.9 Å². The van der Waals surface area contributed by atoms with E-state index in [-0.39, 0.29) is 38.6 Å². The number of carboxylic acid groups (broad SMARTS) is 3. The molecule has 0 spiro atoms. The normalized spacial score (nSPS) is 16.5. The van der Waals surface area contributed by atoms with Gasteiger partial charge in [-0.2, -0.15) is 0 Å². The fourth-order valence-corrected chi connectivity index (χ4v) is 7.34. The van der Waals surface area contributed by atoms with Crippen LogP contribution in [0.4, 0.5) is 0 Å². The summed E-state index contributed by atoms with van der Waals surface area (Å²) < 4.78 is 0. The first kappa shape index (κ1) is 62.8. The zero-order chi connectivity index (χ0) is 56.7. The van der Waals surface area contributed by atoms with E-state index in [9.17, 15) is 92.7 Å². The molecule has 0 bridgehead atoms. The van der Waals surface area contributed by atoms with Crippen LogP contribution in [-0.2, 0) is 73.5 Å². The quantitative estimate of drug-likeness (QED) is 0.0311. The van der Waals surface area contributed by atoms with E-state index in [1.165, 1.54) is 0 Å². The number of nitrogens with two attached hydrogens (primary N) is 4. The number of rotatable bonds is 33. The Morgan fingerprint density at radius 3 is 1.60 bits per heavy atom. The highest BCUT2D eigenvalue weighted by molar-refractivity contribution is 6.00. The molecule has 31 nitrogen and oxygen atoms in total. The van der Waals surface area contributed by atoms with Gasteiger partial charge in [0, 0.05) is 32.2 Å². The summed E-state index contributed by atoms with van der Waals surface area (Å²) in [5.74, 6) is -17.2. The number of carbonyl (C=O) groups excluding carboxylic acids is 11. The number of benzene rings is 1. The molecule has 414 valence electrons. The average molecular weight is 1070 g/mol. The zero-order valence-electron chi connectivity index (χ0n) is 40.6. The average Bonchev–Trinajstić information content (AvgIpc) is 3.83. The lowest BCUT2D eigenvalue weighted by Crippen LogP contribution is -2.61. The molecular formula is C44H64N12O19. The highest BCUT2D eigenvalue weighted by atomic mass is 16.4. The van der Waals surface area contributed by atoms with Crippen LogP contribution in [0.2, 0.25) is 0 Å². The molecule has 0 unspecified atom stereocenters. The lowest BCUT2D eigenvalue weighted by Gasteiger charge is -2.30. The standard InChI is InChI=1S/C44H64N12O19/c1-20(58)35(44(74)75)55-40(70)25(16-21-6-3-2-4-7-21)52-42(72)29-8-5-15-56(29)43(73)27(18-34(64)65)53-37(67)24(11-14-33(62)63)50-39(69)26(17-32(48)61)51-41(71)28(19-57)54-38(68)23(10-13-31(47)60)49-36(66)22(45)9-12-30(46)59/h2-4,6-7,20,22-29,35,57-58H,5,8-19,45H2,1H3,(H2,46,59)(H2,47,60)(H2,48,61)(H,49,66)(H,50,69)(H,51,71)(H,52,72)(H,53,67)(H,54,68)(H,55,70)(H,62,63)(H,64,65)(H,74,75)/t20-,22+,23+,24+,25+,26+,27+,28+,29+,35+/m1/s1. The van der Waals surface area contributed by atoms with Gasteiger partial charge in [0.15, 0.2) is 6.04 Å². The second-order valence-electron chi connectivity index (χ2n) is 17.3. The SMILES string of the molecule is C[C@@H](O)[C@H](NC(=O)[C@H](Cc1ccccc1)NC(=O)[C@@H]1CCCN1C(=O)[C@H](CC(=O)O)NC(=O)[C@H](CCC(=O)O)NC(=O)[C@H](CC(N)=O)NC(=O)[C@H](CO)NC(=O)[C@H](CCC(N)=O)NC(=O)[C@@H](N)CCC(N)=O)C(=O)O. The first-order valence-corrected chi connectivity index (χ1v) is 23.2. The predicted molar refractivity (Wildman–Crippen MR) is 253 cm³/mol. The monoisotopic (exact) mass is 1060 g/mol. The molecular weight excluding hydrogens is 1000 g/mol. The molecule has 2 rings (SSSR count). The fourth-order valence-electron chi connectivity index (χ4n) is 7.34. The van der Waals surface area contributed by atoms with Crippen molar-refractivity contribution in [3.63, 3.8) is 0 Å². The topological polar surface area (TPSA) is 532 Å². The smallest absolute Gasteiger partial charge is 0.328 e. The van der Waals surface area contributed by atoms with Gasteiger partial charge in [0.05, 0.1) is 31.6 Å². The maximum Gasteiger partial charge on any atom is 0.328 e. The predicted octanol–water partition coefficient (Wildman–Crippen LogP) is -7.86. The Bertz CT molecular complexity index is 2290. The maximum atomic E-state index is 14.1. The van der Waals surface area contributed by atoms with Crippen LogP contribution in [-0.4, -0.2) is 187 Å². The number of aliphatic carboxylic acids is 3. The molecule has 11 amide bonds. The van der Waals surface area contributed by atoms with Gasteiger partial charge >= 0.3 is 17.9 Å². The molecule has 31 heteroatoms. The van der Waals surface area contributed by atoms with Gasteiger partial charge in [-0.1, -0.05) is 30.3 Å². The molecule has 10 atom stereocenters. The molecule has 1 saturated heterocycles. The maximum absolute atomic E-state index is 14.1. The molecule has 0 aliphatic carbocycles. The van der Waals surface area contributed by atoms with E-state index in [1.807, 2.05) is 5.32 Å². The lowest BCUT2D eigenvalue weighted by atomic mass is 10.0. The number of nitrogens with one attached hydrogen (secondary N) is 7. The molecule has 1 aromatic carbocycles. The first-order valence-electron chi connectivity index (χ1n) is 23.2. The van der Waals surface area contributed by atoms with Crippen molar-refractivity contribution in [2.75, 3.05) is 13.2 Å². The van der Waals surface area contributed by atoms with Crippen LogP contribution in [0.5, 0.6) is 0 Å². The van der Waals surface area contributed by atoms with Crippen LogP contribution < -0.4 is 60.2 Å². The van der Waals surface area contributed by atoms with Gasteiger partial charge in [-0.15, -0.1) is 0 Å². The van der Waals surface area contributed by atoms with Crippen molar-refractivity contribution in [3.8, 4) is 0 Å². The van der Waals surface area contributed by atoms with Crippen molar-refractivity contribution < 1.29 is 92.7 Å². The van der Waals surface area contributed by atoms with E-state index in [1.54, 1.807) is 30.3 Å². The van der Waals surface area contributed by atoms with Gasteiger partial charge in [0.1, 0.15) is 42.3 Å². The van der Waals surface area contributed by atoms with Gasteiger partial charge in [0.25, 0.3) is 0 Å².